The Kier molecular flexibility index (Phi) is 4.27. The van der Waals surface area contributed by atoms with E-state index in [-0.39, 0.29) is 0 Å². The van der Waals surface area contributed by atoms with Gasteiger partial charge >= 0.3 is 0 Å². The largest absolute Gasteiger partial charge is 0.496 e. The average Bonchev–Trinajstić information content (AvgIpc) is 2.41. The summed E-state index contributed by atoms with van der Waals surface area (Å²) in [5.74, 6) is 0.689. The molecule has 1 N–H and O–H groups in total. The van der Waals surface area contributed by atoms with Gasteiger partial charge in [0.2, 0.25) is 0 Å². The monoisotopic (exact) mass is 320 g/mol. The van der Waals surface area contributed by atoms with Gasteiger partial charge in [-0.2, -0.15) is 0 Å². The van der Waals surface area contributed by atoms with E-state index in [2.05, 4.69) is 22.9 Å². The summed E-state index contributed by atoms with van der Waals surface area (Å²) in [5, 5.41) is 10.5. The second kappa shape index (κ2) is 5.76. The van der Waals surface area contributed by atoms with Crippen LogP contribution in [0.25, 0.3) is 0 Å². The van der Waals surface area contributed by atoms with Gasteiger partial charge in [-0.3, -0.25) is 0 Å². The molecule has 2 nitrogen and oxygen atoms in total. The van der Waals surface area contributed by atoms with Crippen molar-refractivity contribution in [3.05, 3.63) is 63.1 Å². The Hall–Kier alpha value is -1.32. The van der Waals surface area contributed by atoms with Crippen molar-refractivity contribution < 1.29 is 9.84 Å². The van der Waals surface area contributed by atoms with Crippen LogP contribution in [0.2, 0.25) is 0 Å². The number of halogens is 1. The molecular weight excluding hydrogens is 304 g/mol. The highest BCUT2D eigenvalue weighted by atomic mass is 79.9. The molecule has 0 aliphatic rings. The summed E-state index contributed by atoms with van der Waals surface area (Å²) in [4.78, 5) is 0. The molecule has 1 atom stereocenters. The van der Waals surface area contributed by atoms with E-state index >= 15 is 0 Å². The molecule has 0 saturated heterocycles. The molecule has 0 aliphatic carbocycles. The summed E-state index contributed by atoms with van der Waals surface area (Å²) in [5.41, 5.74) is 4.03. The van der Waals surface area contributed by atoms with E-state index in [0.29, 0.717) is 5.75 Å². The number of methoxy groups -OCH3 is 1. The minimum absolute atomic E-state index is 0.688. The molecular formula is C16H17BrO2. The Morgan fingerprint density at radius 2 is 1.79 bits per heavy atom. The normalized spacial score (nSPS) is 12.3. The lowest BCUT2D eigenvalue weighted by atomic mass is 9.97. The highest BCUT2D eigenvalue weighted by Gasteiger charge is 2.16. The quantitative estimate of drug-likeness (QED) is 0.920. The summed E-state index contributed by atoms with van der Waals surface area (Å²) in [7, 11) is 1.61. The van der Waals surface area contributed by atoms with Crippen LogP contribution in [0.4, 0.5) is 0 Å². The third kappa shape index (κ3) is 2.99. The van der Waals surface area contributed by atoms with Crippen LogP contribution in [0.1, 0.15) is 28.4 Å². The van der Waals surface area contributed by atoms with E-state index in [1.54, 1.807) is 7.11 Å². The highest BCUT2D eigenvalue weighted by Crippen LogP contribution is 2.32. The number of hydrogen-bond donors (Lipinski definition) is 1. The molecule has 1 unspecified atom stereocenters. The van der Waals surface area contributed by atoms with E-state index in [9.17, 15) is 5.11 Å². The molecule has 0 amide bonds. The average molecular weight is 321 g/mol. The highest BCUT2D eigenvalue weighted by molar-refractivity contribution is 9.10. The van der Waals surface area contributed by atoms with E-state index in [0.717, 1.165) is 15.6 Å². The number of benzene rings is 2. The minimum Gasteiger partial charge on any atom is -0.496 e. The zero-order valence-electron chi connectivity index (χ0n) is 11.3. The molecule has 3 heteroatoms. The number of aliphatic hydroxyl groups excluding tert-OH is 1. The van der Waals surface area contributed by atoms with Gasteiger partial charge in [-0.15, -0.1) is 0 Å². The van der Waals surface area contributed by atoms with Crippen LogP contribution in [0.15, 0.2) is 40.9 Å². The third-order valence-corrected chi connectivity index (χ3v) is 3.83. The molecule has 0 saturated carbocycles. The number of rotatable bonds is 3. The first-order chi connectivity index (χ1) is 9.02. The summed E-state index contributed by atoms with van der Waals surface area (Å²) >= 11 is 3.43. The zero-order chi connectivity index (χ0) is 14.0. The smallest absolute Gasteiger partial charge is 0.125 e. The lowest BCUT2D eigenvalue weighted by molar-refractivity contribution is 0.214. The fourth-order valence-corrected chi connectivity index (χ4v) is 2.41. The maximum Gasteiger partial charge on any atom is 0.125 e. The molecule has 0 fully saturated rings. The van der Waals surface area contributed by atoms with Crippen molar-refractivity contribution in [3.8, 4) is 5.75 Å². The molecule has 2 rings (SSSR count). The predicted molar refractivity (Wildman–Crippen MR) is 80.7 cm³/mol. The molecule has 19 heavy (non-hydrogen) atoms. The Morgan fingerprint density at radius 1 is 1.05 bits per heavy atom. The topological polar surface area (TPSA) is 29.5 Å². The molecule has 0 spiro atoms. The molecule has 0 aromatic heterocycles. The number of ether oxygens (including phenoxy) is 1. The maximum absolute atomic E-state index is 10.5. The molecule has 0 radical (unpaired) electrons. The summed E-state index contributed by atoms with van der Waals surface area (Å²) in [6.45, 7) is 4.11. The molecule has 0 heterocycles. The van der Waals surface area contributed by atoms with Gasteiger partial charge in [0, 0.05) is 10.0 Å². The molecule has 2 aromatic carbocycles. The van der Waals surface area contributed by atoms with E-state index < -0.39 is 6.10 Å². The summed E-state index contributed by atoms with van der Waals surface area (Å²) in [6.07, 6.45) is -0.688. The fraction of sp³-hybridized carbons (Fsp3) is 0.250. The van der Waals surface area contributed by atoms with Crippen molar-refractivity contribution in [3.63, 3.8) is 0 Å². The summed E-state index contributed by atoms with van der Waals surface area (Å²) < 4.78 is 6.24. The van der Waals surface area contributed by atoms with Gasteiger partial charge < -0.3 is 9.84 Å². The van der Waals surface area contributed by atoms with Crippen molar-refractivity contribution >= 4 is 15.9 Å². The Balaban J connectivity index is 2.45. The number of hydrogen-bond acceptors (Lipinski definition) is 2. The summed E-state index contributed by atoms with van der Waals surface area (Å²) in [6, 6.07) is 11.6. The van der Waals surface area contributed by atoms with E-state index in [1.807, 2.05) is 43.3 Å². The van der Waals surface area contributed by atoms with Crippen LogP contribution < -0.4 is 4.74 Å². The van der Waals surface area contributed by atoms with E-state index in [4.69, 9.17) is 4.74 Å². The second-order valence-corrected chi connectivity index (χ2v) is 5.55. The number of aliphatic hydroxyl groups is 1. The van der Waals surface area contributed by atoms with E-state index in [1.165, 1.54) is 11.1 Å². The standard InChI is InChI=1S/C16H17BrO2/c1-10-4-5-12(8-11(10)2)16(18)14-9-13(17)6-7-15(14)19-3/h4-9,16,18H,1-3H3. The molecule has 2 aromatic rings. The van der Waals surface area contributed by atoms with Gasteiger partial charge in [-0.25, -0.2) is 0 Å². The van der Waals surface area contributed by atoms with Gasteiger partial charge in [-0.05, 0) is 48.7 Å². The fourth-order valence-electron chi connectivity index (χ4n) is 2.03. The number of aryl methyl sites for hydroxylation is 2. The van der Waals surface area contributed by atoms with Crippen molar-refractivity contribution in [2.75, 3.05) is 7.11 Å². The van der Waals surface area contributed by atoms with Crippen LogP contribution >= 0.6 is 15.9 Å². The van der Waals surface area contributed by atoms with Crippen LogP contribution in [-0.4, -0.2) is 12.2 Å². The Bertz CT molecular complexity index is 593. The maximum atomic E-state index is 10.5. The first kappa shape index (κ1) is 14.1. The van der Waals surface area contributed by atoms with Gasteiger partial charge in [0.25, 0.3) is 0 Å². The van der Waals surface area contributed by atoms with Gasteiger partial charge in [0.15, 0.2) is 0 Å². The molecule has 0 bridgehead atoms. The first-order valence-electron chi connectivity index (χ1n) is 6.11. The lowest BCUT2D eigenvalue weighted by Crippen LogP contribution is -2.03. The van der Waals surface area contributed by atoms with Crippen molar-refractivity contribution in [2.45, 2.75) is 20.0 Å². The predicted octanol–water partition coefficient (Wildman–Crippen LogP) is 4.16. The van der Waals surface area contributed by atoms with Crippen molar-refractivity contribution in [1.29, 1.82) is 0 Å². The van der Waals surface area contributed by atoms with Crippen LogP contribution in [0.5, 0.6) is 5.75 Å². The SMILES string of the molecule is COc1ccc(Br)cc1C(O)c1ccc(C)c(C)c1. The Morgan fingerprint density at radius 3 is 2.42 bits per heavy atom. The lowest BCUT2D eigenvalue weighted by Gasteiger charge is -2.16. The van der Waals surface area contributed by atoms with Crippen LogP contribution in [0.3, 0.4) is 0 Å². The second-order valence-electron chi connectivity index (χ2n) is 4.63. The third-order valence-electron chi connectivity index (χ3n) is 3.33. The van der Waals surface area contributed by atoms with Gasteiger partial charge in [-0.1, -0.05) is 34.1 Å². The van der Waals surface area contributed by atoms with Crippen LogP contribution in [-0.2, 0) is 0 Å². The zero-order valence-corrected chi connectivity index (χ0v) is 12.9. The molecule has 0 aliphatic heterocycles. The van der Waals surface area contributed by atoms with Crippen molar-refractivity contribution in [1.82, 2.24) is 0 Å². The Labute approximate surface area is 122 Å². The first-order valence-corrected chi connectivity index (χ1v) is 6.91. The molecule has 100 valence electrons. The van der Waals surface area contributed by atoms with Gasteiger partial charge in [0.1, 0.15) is 11.9 Å². The van der Waals surface area contributed by atoms with Crippen LogP contribution in [0, 0.1) is 13.8 Å². The minimum atomic E-state index is -0.688. The van der Waals surface area contributed by atoms with Gasteiger partial charge in [0.05, 0.1) is 7.11 Å². The van der Waals surface area contributed by atoms with Crippen molar-refractivity contribution in [2.24, 2.45) is 0 Å².